The highest BCUT2D eigenvalue weighted by Crippen LogP contribution is 2.16. The standard InChI is InChI=1S/C16H24N2/c1-4-6-14-7-9-15(10-8-14)13(3)18-16(5-2)11-12-17/h7-10,13,16,18H,4-6,11H2,1-3H3. The molecule has 98 valence electrons. The van der Waals surface area contributed by atoms with E-state index in [9.17, 15) is 0 Å². The summed E-state index contributed by atoms with van der Waals surface area (Å²) < 4.78 is 0. The first-order valence-electron chi connectivity index (χ1n) is 6.93. The second-order valence-corrected chi connectivity index (χ2v) is 4.85. The smallest absolute Gasteiger partial charge is 0.0638 e. The molecule has 0 radical (unpaired) electrons. The summed E-state index contributed by atoms with van der Waals surface area (Å²) in [6, 6.07) is 11.6. The Labute approximate surface area is 111 Å². The van der Waals surface area contributed by atoms with Gasteiger partial charge in [-0.25, -0.2) is 0 Å². The van der Waals surface area contributed by atoms with Gasteiger partial charge >= 0.3 is 0 Å². The van der Waals surface area contributed by atoms with Gasteiger partial charge in [-0.2, -0.15) is 5.26 Å². The van der Waals surface area contributed by atoms with Gasteiger partial charge in [0.05, 0.1) is 12.5 Å². The Morgan fingerprint density at radius 1 is 1.22 bits per heavy atom. The molecule has 0 aliphatic carbocycles. The number of hydrogen-bond donors (Lipinski definition) is 1. The number of hydrogen-bond acceptors (Lipinski definition) is 2. The molecule has 1 aromatic rings. The van der Waals surface area contributed by atoms with Crippen LogP contribution < -0.4 is 5.32 Å². The Hall–Kier alpha value is -1.33. The highest BCUT2D eigenvalue weighted by molar-refractivity contribution is 5.24. The third-order valence-electron chi connectivity index (χ3n) is 3.33. The summed E-state index contributed by atoms with van der Waals surface area (Å²) in [7, 11) is 0. The van der Waals surface area contributed by atoms with Crippen LogP contribution in [-0.2, 0) is 6.42 Å². The molecule has 2 unspecified atom stereocenters. The predicted molar refractivity (Wildman–Crippen MR) is 76.3 cm³/mol. The van der Waals surface area contributed by atoms with E-state index in [1.54, 1.807) is 0 Å². The fourth-order valence-corrected chi connectivity index (χ4v) is 2.14. The zero-order chi connectivity index (χ0) is 13.4. The maximum Gasteiger partial charge on any atom is 0.0638 e. The Morgan fingerprint density at radius 3 is 2.39 bits per heavy atom. The molecule has 2 nitrogen and oxygen atoms in total. The maximum atomic E-state index is 8.76. The van der Waals surface area contributed by atoms with Crippen LogP contribution in [0.2, 0.25) is 0 Å². The van der Waals surface area contributed by atoms with Gasteiger partial charge in [-0.05, 0) is 30.9 Å². The lowest BCUT2D eigenvalue weighted by Gasteiger charge is -2.20. The molecule has 0 aliphatic rings. The minimum Gasteiger partial charge on any atom is -0.306 e. The van der Waals surface area contributed by atoms with Gasteiger partial charge in [0.2, 0.25) is 0 Å². The van der Waals surface area contributed by atoms with Gasteiger partial charge in [0, 0.05) is 12.1 Å². The minimum absolute atomic E-state index is 0.292. The van der Waals surface area contributed by atoms with Crippen LogP contribution >= 0.6 is 0 Å². The van der Waals surface area contributed by atoms with Crippen molar-refractivity contribution in [3.63, 3.8) is 0 Å². The van der Waals surface area contributed by atoms with Crippen molar-refractivity contribution in [3.05, 3.63) is 35.4 Å². The molecule has 1 aromatic carbocycles. The van der Waals surface area contributed by atoms with E-state index in [1.807, 2.05) is 0 Å². The van der Waals surface area contributed by atoms with Gasteiger partial charge in [0.1, 0.15) is 0 Å². The van der Waals surface area contributed by atoms with Gasteiger partial charge in [0.25, 0.3) is 0 Å². The SMILES string of the molecule is CCCc1ccc(C(C)NC(CC)CC#N)cc1. The Bertz CT molecular complexity index is 375. The number of nitrogens with zero attached hydrogens (tertiary/aromatic N) is 1. The number of benzene rings is 1. The van der Waals surface area contributed by atoms with Crippen LogP contribution in [0.3, 0.4) is 0 Å². The van der Waals surface area contributed by atoms with Crippen LogP contribution in [0.15, 0.2) is 24.3 Å². The van der Waals surface area contributed by atoms with Crippen molar-refractivity contribution in [2.45, 2.75) is 58.5 Å². The predicted octanol–water partition coefficient (Wildman–Crippen LogP) is 3.98. The van der Waals surface area contributed by atoms with Crippen molar-refractivity contribution >= 4 is 0 Å². The summed E-state index contributed by atoms with van der Waals surface area (Å²) in [5.74, 6) is 0. The number of nitrogens with one attached hydrogen (secondary N) is 1. The topological polar surface area (TPSA) is 35.8 Å². The van der Waals surface area contributed by atoms with Crippen LogP contribution in [0.25, 0.3) is 0 Å². The lowest BCUT2D eigenvalue weighted by molar-refractivity contribution is 0.448. The first kappa shape index (κ1) is 14.7. The maximum absolute atomic E-state index is 8.76. The van der Waals surface area contributed by atoms with Crippen LogP contribution in [0.4, 0.5) is 0 Å². The number of nitriles is 1. The first-order chi connectivity index (χ1) is 8.71. The van der Waals surface area contributed by atoms with Crippen LogP contribution in [0.1, 0.15) is 57.2 Å². The van der Waals surface area contributed by atoms with Gasteiger partial charge in [-0.1, -0.05) is 44.5 Å². The number of rotatable bonds is 7. The second kappa shape index (κ2) is 7.89. The largest absolute Gasteiger partial charge is 0.306 e. The summed E-state index contributed by atoms with van der Waals surface area (Å²) in [6.45, 7) is 6.48. The molecular weight excluding hydrogens is 220 g/mol. The van der Waals surface area contributed by atoms with E-state index in [0.29, 0.717) is 18.5 Å². The highest BCUT2D eigenvalue weighted by Gasteiger charge is 2.11. The van der Waals surface area contributed by atoms with Crippen molar-refractivity contribution in [1.29, 1.82) is 5.26 Å². The Balaban J connectivity index is 2.60. The molecule has 1 rings (SSSR count). The normalized spacial score (nSPS) is 13.9. The monoisotopic (exact) mass is 244 g/mol. The van der Waals surface area contributed by atoms with Crippen molar-refractivity contribution in [3.8, 4) is 6.07 Å². The lowest BCUT2D eigenvalue weighted by Crippen LogP contribution is -2.30. The zero-order valence-electron chi connectivity index (χ0n) is 11.7. The van der Waals surface area contributed by atoms with E-state index >= 15 is 0 Å². The Kier molecular flexibility index (Phi) is 6.46. The van der Waals surface area contributed by atoms with Crippen molar-refractivity contribution in [2.24, 2.45) is 0 Å². The number of aryl methyl sites for hydroxylation is 1. The molecule has 0 saturated heterocycles. The average molecular weight is 244 g/mol. The zero-order valence-corrected chi connectivity index (χ0v) is 11.7. The van der Waals surface area contributed by atoms with Crippen LogP contribution in [0, 0.1) is 11.3 Å². The summed E-state index contributed by atoms with van der Waals surface area (Å²) in [4.78, 5) is 0. The van der Waals surface area contributed by atoms with Gasteiger partial charge < -0.3 is 5.32 Å². The van der Waals surface area contributed by atoms with Gasteiger partial charge in [-0.3, -0.25) is 0 Å². The first-order valence-corrected chi connectivity index (χ1v) is 6.93. The molecule has 2 heteroatoms. The molecular formula is C16H24N2. The second-order valence-electron chi connectivity index (χ2n) is 4.85. The molecule has 0 spiro atoms. The van der Waals surface area contributed by atoms with Crippen molar-refractivity contribution in [1.82, 2.24) is 5.32 Å². The molecule has 0 aromatic heterocycles. The van der Waals surface area contributed by atoms with E-state index in [1.165, 1.54) is 17.5 Å². The fourth-order valence-electron chi connectivity index (χ4n) is 2.14. The third kappa shape index (κ3) is 4.50. The van der Waals surface area contributed by atoms with Crippen molar-refractivity contribution < 1.29 is 0 Å². The van der Waals surface area contributed by atoms with E-state index in [0.717, 1.165) is 12.8 Å². The summed E-state index contributed by atoms with van der Waals surface area (Å²) >= 11 is 0. The average Bonchev–Trinajstić information content (AvgIpc) is 2.39. The summed E-state index contributed by atoms with van der Waals surface area (Å²) in [5, 5.41) is 12.3. The van der Waals surface area contributed by atoms with E-state index in [2.05, 4.69) is 56.4 Å². The minimum atomic E-state index is 0.292. The Morgan fingerprint density at radius 2 is 1.89 bits per heavy atom. The molecule has 2 atom stereocenters. The molecule has 0 fully saturated rings. The molecule has 0 heterocycles. The van der Waals surface area contributed by atoms with Crippen LogP contribution in [0.5, 0.6) is 0 Å². The van der Waals surface area contributed by atoms with Crippen LogP contribution in [-0.4, -0.2) is 6.04 Å². The van der Waals surface area contributed by atoms with E-state index in [4.69, 9.17) is 5.26 Å². The molecule has 0 bridgehead atoms. The molecule has 18 heavy (non-hydrogen) atoms. The van der Waals surface area contributed by atoms with E-state index in [-0.39, 0.29) is 0 Å². The lowest BCUT2D eigenvalue weighted by atomic mass is 10.0. The van der Waals surface area contributed by atoms with Gasteiger partial charge in [-0.15, -0.1) is 0 Å². The quantitative estimate of drug-likeness (QED) is 0.787. The van der Waals surface area contributed by atoms with E-state index < -0.39 is 0 Å². The summed E-state index contributed by atoms with van der Waals surface area (Å²) in [6.07, 6.45) is 3.90. The fraction of sp³-hybridized carbons (Fsp3) is 0.562. The van der Waals surface area contributed by atoms with Gasteiger partial charge in [0.15, 0.2) is 0 Å². The summed E-state index contributed by atoms with van der Waals surface area (Å²) in [5.41, 5.74) is 2.70. The highest BCUT2D eigenvalue weighted by atomic mass is 14.9. The molecule has 1 N–H and O–H groups in total. The molecule has 0 amide bonds. The van der Waals surface area contributed by atoms with Crippen molar-refractivity contribution in [2.75, 3.05) is 0 Å². The third-order valence-corrected chi connectivity index (χ3v) is 3.33. The molecule has 0 aliphatic heterocycles. The molecule has 0 saturated carbocycles.